The van der Waals surface area contributed by atoms with Gasteiger partial charge in [0.25, 0.3) is 0 Å². The molecule has 2 aromatic heterocycles. The minimum absolute atomic E-state index is 0.527. The quantitative estimate of drug-likeness (QED) is 0.794. The van der Waals surface area contributed by atoms with Crippen LogP contribution in [0.3, 0.4) is 0 Å². The lowest BCUT2D eigenvalue weighted by Crippen LogP contribution is -2.20. The second-order valence-electron chi connectivity index (χ2n) is 5.47. The lowest BCUT2D eigenvalue weighted by Gasteiger charge is -2.16. The molecule has 0 saturated heterocycles. The fourth-order valence-corrected chi connectivity index (χ4v) is 2.43. The summed E-state index contributed by atoms with van der Waals surface area (Å²) in [7, 11) is 4.13. The van der Waals surface area contributed by atoms with Gasteiger partial charge in [-0.25, -0.2) is 4.98 Å². The Balaban J connectivity index is 1.63. The van der Waals surface area contributed by atoms with Crippen LogP contribution in [0.15, 0.2) is 18.3 Å². The summed E-state index contributed by atoms with van der Waals surface area (Å²) in [5.74, 6) is 2.77. The highest BCUT2D eigenvalue weighted by molar-refractivity contribution is 6.29. The van der Waals surface area contributed by atoms with Crippen LogP contribution in [0.2, 0.25) is 5.15 Å². The van der Waals surface area contributed by atoms with Crippen molar-refractivity contribution < 1.29 is 0 Å². The van der Waals surface area contributed by atoms with Crippen LogP contribution in [-0.4, -0.2) is 31.7 Å². The van der Waals surface area contributed by atoms with E-state index in [2.05, 4.69) is 38.7 Å². The van der Waals surface area contributed by atoms with Crippen molar-refractivity contribution in [2.75, 3.05) is 7.05 Å². The van der Waals surface area contributed by atoms with Crippen LogP contribution in [0.4, 0.5) is 0 Å². The van der Waals surface area contributed by atoms with E-state index in [1.165, 1.54) is 12.8 Å². The third-order valence-electron chi connectivity index (χ3n) is 3.59. The lowest BCUT2D eigenvalue weighted by molar-refractivity contribution is 0.306. The third kappa shape index (κ3) is 2.99. The Bertz CT molecular complexity index is 588. The summed E-state index contributed by atoms with van der Waals surface area (Å²) in [4.78, 5) is 6.30. The molecule has 5 nitrogen and oxygen atoms in total. The molecule has 1 saturated carbocycles. The molecule has 1 aliphatic rings. The van der Waals surface area contributed by atoms with Crippen LogP contribution in [0, 0.1) is 0 Å². The first-order valence-corrected chi connectivity index (χ1v) is 7.18. The molecule has 6 heteroatoms. The van der Waals surface area contributed by atoms with Crippen LogP contribution >= 0.6 is 11.6 Å². The summed E-state index contributed by atoms with van der Waals surface area (Å²) in [6.07, 6.45) is 4.31. The molecule has 0 spiro atoms. The Morgan fingerprint density at radius 3 is 2.75 bits per heavy atom. The van der Waals surface area contributed by atoms with Crippen molar-refractivity contribution in [2.24, 2.45) is 7.05 Å². The second-order valence-corrected chi connectivity index (χ2v) is 5.86. The Kier molecular flexibility index (Phi) is 3.72. The van der Waals surface area contributed by atoms with Crippen molar-refractivity contribution in [3.05, 3.63) is 40.7 Å². The van der Waals surface area contributed by atoms with Crippen LogP contribution in [0.25, 0.3) is 0 Å². The van der Waals surface area contributed by atoms with Gasteiger partial charge in [0.15, 0.2) is 0 Å². The largest absolute Gasteiger partial charge is 0.317 e. The van der Waals surface area contributed by atoms with Gasteiger partial charge in [-0.1, -0.05) is 17.7 Å². The Morgan fingerprint density at radius 1 is 1.30 bits per heavy atom. The van der Waals surface area contributed by atoms with E-state index in [1.807, 2.05) is 18.3 Å². The molecule has 0 aliphatic heterocycles. The molecular weight excluding hydrogens is 274 g/mol. The molecule has 106 valence electrons. The first kappa shape index (κ1) is 13.5. The molecule has 0 amide bonds. The summed E-state index contributed by atoms with van der Waals surface area (Å²) in [6.45, 7) is 1.59. The number of pyridine rings is 1. The van der Waals surface area contributed by atoms with Gasteiger partial charge in [-0.15, -0.1) is 10.2 Å². The molecule has 0 radical (unpaired) electrons. The molecule has 3 rings (SSSR count). The van der Waals surface area contributed by atoms with Gasteiger partial charge >= 0.3 is 0 Å². The minimum atomic E-state index is 0.527. The van der Waals surface area contributed by atoms with E-state index in [0.29, 0.717) is 11.1 Å². The topological polar surface area (TPSA) is 46.8 Å². The SMILES string of the molecule is CN(Cc1ccc(Cl)nc1)Cc1nnc(C2CC2)n1C. The first-order valence-electron chi connectivity index (χ1n) is 6.80. The normalized spacial score (nSPS) is 15.0. The maximum Gasteiger partial charge on any atom is 0.146 e. The molecule has 2 heterocycles. The van der Waals surface area contributed by atoms with Crippen molar-refractivity contribution >= 4 is 11.6 Å². The zero-order valence-electron chi connectivity index (χ0n) is 11.8. The third-order valence-corrected chi connectivity index (χ3v) is 3.82. The predicted octanol–water partition coefficient (Wildman–Crippen LogP) is 2.37. The molecule has 0 bridgehead atoms. The number of hydrogen-bond donors (Lipinski definition) is 0. The van der Waals surface area contributed by atoms with E-state index in [9.17, 15) is 0 Å². The van der Waals surface area contributed by atoms with Crippen molar-refractivity contribution in [3.8, 4) is 0 Å². The minimum Gasteiger partial charge on any atom is -0.317 e. The van der Waals surface area contributed by atoms with E-state index < -0.39 is 0 Å². The van der Waals surface area contributed by atoms with Crippen LogP contribution < -0.4 is 0 Å². The number of hydrogen-bond acceptors (Lipinski definition) is 4. The van der Waals surface area contributed by atoms with Gasteiger partial charge < -0.3 is 4.57 Å². The molecule has 0 atom stereocenters. The van der Waals surface area contributed by atoms with Crippen LogP contribution in [0.1, 0.15) is 36.0 Å². The fourth-order valence-electron chi connectivity index (χ4n) is 2.32. The zero-order chi connectivity index (χ0) is 14.1. The maximum atomic E-state index is 5.79. The van der Waals surface area contributed by atoms with Crippen LogP contribution in [0.5, 0.6) is 0 Å². The molecule has 1 aliphatic carbocycles. The molecule has 0 unspecified atom stereocenters. The fraction of sp³-hybridized carbons (Fsp3) is 0.500. The van der Waals surface area contributed by atoms with E-state index in [4.69, 9.17) is 11.6 Å². The molecule has 0 N–H and O–H groups in total. The Hall–Kier alpha value is -1.46. The molecule has 20 heavy (non-hydrogen) atoms. The number of halogens is 1. The van der Waals surface area contributed by atoms with Crippen molar-refractivity contribution in [3.63, 3.8) is 0 Å². The number of aromatic nitrogens is 4. The first-order chi connectivity index (χ1) is 9.63. The smallest absolute Gasteiger partial charge is 0.146 e. The Morgan fingerprint density at radius 2 is 2.10 bits per heavy atom. The average molecular weight is 292 g/mol. The molecule has 1 fully saturated rings. The summed E-state index contributed by atoms with van der Waals surface area (Å²) in [5.41, 5.74) is 1.14. The summed E-state index contributed by atoms with van der Waals surface area (Å²) in [6, 6.07) is 3.82. The van der Waals surface area contributed by atoms with Gasteiger partial charge in [0, 0.05) is 25.7 Å². The van der Waals surface area contributed by atoms with E-state index in [0.717, 1.165) is 30.3 Å². The maximum absolute atomic E-state index is 5.79. The van der Waals surface area contributed by atoms with Crippen molar-refractivity contribution in [2.45, 2.75) is 31.8 Å². The van der Waals surface area contributed by atoms with Crippen molar-refractivity contribution in [1.82, 2.24) is 24.6 Å². The lowest BCUT2D eigenvalue weighted by atomic mass is 10.2. The van der Waals surface area contributed by atoms with Gasteiger partial charge in [0.1, 0.15) is 16.8 Å². The van der Waals surface area contributed by atoms with Gasteiger partial charge in [0.2, 0.25) is 0 Å². The molecule has 2 aromatic rings. The van der Waals surface area contributed by atoms with Gasteiger partial charge in [-0.2, -0.15) is 0 Å². The number of rotatable bonds is 5. The highest BCUT2D eigenvalue weighted by Gasteiger charge is 2.29. The summed E-state index contributed by atoms with van der Waals surface area (Å²) >= 11 is 5.79. The highest BCUT2D eigenvalue weighted by atomic mass is 35.5. The van der Waals surface area contributed by atoms with Crippen molar-refractivity contribution in [1.29, 1.82) is 0 Å². The van der Waals surface area contributed by atoms with Gasteiger partial charge in [0.05, 0.1) is 6.54 Å². The zero-order valence-corrected chi connectivity index (χ0v) is 12.5. The van der Waals surface area contributed by atoms with E-state index >= 15 is 0 Å². The van der Waals surface area contributed by atoms with Gasteiger partial charge in [-0.05, 0) is 31.5 Å². The Labute approximate surface area is 123 Å². The van der Waals surface area contributed by atoms with Gasteiger partial charge in [-0.3, -0.25) is 4.90 Å². The van der Waals surface area contributed by atoms with Crippen LogP contribution in [-0.2, 0) is 20.1 Å². The second kappa shape index (κ2) is 5.50. The van der Waals surface area contributed by atoms with E-state index in [-0.39, 0.29) is 0 Å². The molecular formula is C14H18ClN5. The average Bonchev–Trinajstić information content (AvgIpc) is 3.19. The number of nitrogens with zero attached hydrogens (tertiary/aromatic N) is 5. The summed E-state index contributed by atoms with van der Waals surface area (Å²) < 4.78 is 2.13. The predicted molar refractivity (Wildman–Crippen MR) is 77.4 cm³/mol. The standard InChI is InChI=1S/C14H18ClN5/c1-19(8-10-3-6-12(15)16-7-10)9-13-17-18-14(20(13)2)11-4-5-11/h3,6-7,11H,4-5,8-9H2,1-2H3. The molecule has 0 aromatic carbocycles. The summed E-state index contributed by atoms with van der Waals surface area (Å²) in [5, 5.41) is 9.14. The highest BCUT2D eigenvalue weighted by Crippen LogP contribution is 2.38. The van der Waals surface area contributed by atoms with E-state index in [1.54, 1.807) is 0 Å². The monoisotopic (exact) mass is 291 g/mol.